The standard InChI is InChI=1S/C9H21N.HI/c1-6-10(7-2)8-9(3,4)5;/h6-8H2,1-5H3;1H. The minimum atomic E-state index is 0. The fraction of sp³-hybridized carbons (Fsp3) is 1.00. The monoisotopic (exact) mass is 271 g/mol. The molecule has 0 rings (SSSR count). The van der Waals surface area contributed by atoms with Crippen LogP contribution in [0.15, 0.2) is 0 Å². The van der Waals surface area contributed by atoms with E-state index in [2.05, 4.69) is 39.5 Å². The van der Waals surface area contributed by atoms with Crippen LogP contribution in [0.2, 0.25) is 0 Å². The van der Waals surface area contributed by atoms with Crippen molar-refractivity contribution in [3.63, 3.8) is 0 Å². The third kappa shape index (κ3) is 8.60. The van der Waals surface area contributed by atoms with Gasteiger partial charge in [0.1, 0.15) is 0 Å². The highest BCUT2D eigenvalue weighted by Gasteiger charge is 2.13. The molecule has 0 aliphatic heterocycles. The van der Waals surface area contributed by atoms with E-state index in [-0.39, 0.29) is 24.0 Å². The van der Waals surface area contributed by atoms with Gasteiger partial charge in [-0.25, -0.2) is 0 Å². The Bertz CT molecular complexity index is 82.1. The molecular weight excluding hydrogens is 249 g/mol. The van der Waals surface area contributed by atoms with Crippen LogP contribution in [-0.4, -0.2) is 24.5 Å². The van der Waals surface area contributed by atoms with E-state index < -0.39 is 0 Å². The topological polar surface area (TPSA) is 3.24 Å². The molecule has 1 nitrogen and oxygen atoms in total. The lowest BCUT2D eigenvalue weighted by Gasteiger charge is -2.27. The summed E-state index contributed by atoms with van der Waals surface area (Å²) in [5.74, 6) is 0. The van der Waals surface area contributed by atoms with Gasteiger partial charge in [0.15, 0.2) is 0 Å². The van der Waals surface area contributed by atoms with Gasteiger partial charge >= 0.3 is 0 Å². The molecule has 0 aromatic rings. The molecule has 0 amide bonds. The average molecular weight is 271 g/mol. The van der Waals surface area contributed by atoms with Gasteiger partial charge < -0.3 is 4.90 Å². The lowest BCUT2D eigenvalue weighted by atomic mass is 9.96. The molecule has 0 spiro atoms. The molecule has 0 bridgehead atoms. The lowest BCUT2D eigenvalue weighted by molar-refractivity contribution is 0.208. The summed E-state index contributed by atoms with van der Waals surface area (Å²) in [5.41, 5.74) is 0.450. The molecule has 70 valence electrons. The molecule has 0 saturated heterocycles. The highest BCUT2D eigenvalue weighted by Crippen LogP contribution is 2.14. The van der Waals surface area contributed by atoms with E-state index in [9.17, 15) is 0 Å². The predicted octanol–water partition coefficient (Wildman–Crippen LogP) is 2.99. The van der Waals surface area contributed by atoms with Crippen LogP contribution in [0.5, 0.6) is 0 Å². The molecule has 0 atom stereocenters. The van der Waals surface area contributed by atoms with E-state index in [1.54, 1.807) is 0 Å². The largest absolute Gasteiger partial charge is 0.303 e. The van der Waals surface area contributed by atoms with Crippen LogP contribution in [-0.2, 0) is 0 Å². The van der Waals surface area contributed by atoms with Gasteiger partial charge in [0.05, 0.1) is 0 Å². The maximum absolute atomic E-state index is 2.46. The van der Waals surface area contributed by atoms with Crippen molar-refractivity contribution in [2.75, 3.05) is 19.6 Å². The molecule has 0 aliphatic rings. The number of hydrogen-bond donors (Lipinski definition) is 0. The van der Waals surface area contributed by atoms with Gasteiger partial charge in [-0.05, 0) is 18.5 Å². The Morgan fingerprint density at radius 3 is 1.45 bits per heavy atom. The van der Waals surface area contributed by atoms with Crippen LogP contribution in [0.1, 0.15) is 34.6 Å². The summed E-state index contributed by atoms with van der Waals surface area (Å²) in [4.78, 5) is 2.46. The Hall–Kier alpha value is 0.690. The van der Waals surface area contributed by atoms with E-state index in [1.807, 2.05) is 0 Å². The fourth-order valence-corrected chi connectivity index (χ4v) is 1.12. The van der Waals surface area contributed by atoms with Crippen LogP contribution in [0.3, 0.4) is 0 Å². The molecule has 0 saturated carbocycles. The Morgan fingerprint density at radius 1 is 1.00 bits per heavy atom. The zero-order chi connectivity index (χ0) is 8.20. The van der Waals surface area contributed by atoms with E-state index >= 15 is 0 Å². The summed E-state index contributed by atoms with van der Waals surface area (Å²) < 4.78 is 0. The summed E-state index contributed by atoms with van der Waals surface area (Å²) in [6.07, 6.45) is 0. The minimum Gasteiger partial charge on any atom is -0.303 e. The van der Waals surface area contributed by atoms with Gasteiger partial charge in [-0.3, -0.25) is 0 Å². The summed E-state index contributed by atoms with van der Waals surface area (Å²) in [6, 6.07) is 0. The summed E-state index contributed by atoms with van der Waals surface area (Å²) in [7, 11) is 0. The highest BCUT2D eigenvalue weighted by atomic mass is 127. The number of halogens is 1. The fourth-order valence-electron chi connectivity index (χ4n) is 1.12. The molecule has 0 radical (unpaired) electrons. The van der Waals surface area contributed by atoms with Crippen molar-refractivity contribution in [2.24, 2.45) is 5.41 Å². The second-order valence-electron chi connectivity index (χ2n) is 4.02. The zero-order valence-electron chi connectivity index (χ0n) is 8.48. The van der Waals surface area contributed by atoms with Crippen LogP contribution in [0, 0.1) is 5.41 Å². The first-order valence-corrected chi connectivity index (χ1v) is 4.22. The second kappa shape index (κ2) is 6.23. The maximum Gasteiger partial charge on any atom is 0.00298 e. The van der Waals surface area contributed by atoms with Crippen molar-refractivity contribution in [1.29, 1.82) is 0 Å². The molecule has 0 heterocycles. The molecule has 0 unspecified atom stereocenters. The molecule has 11 heavy (non-hydrogen) atoms. The van der Waals surface area contributed by atoms with Gasteiger partial charge in [0.25, 0.3) is 0 Å². The van der Waals surface area contributed by atoms with Crippen molar-refractivity contribution in [3.05, 3.63) is 0 Å². The van der Waals surface area contributed by atoms with E-state index in [0.717, 1.165) is 0 Å². The van der Waals surface area contributed by atoms with E-state index in [4.69, 9.17) is 0 Å². The summed E-state index contributed by atoms with van der Waals surface area (Å²) >= 11 is 0. The zero-order valence-corrected chi connectivity index (χ0v) is 10.8. The molecule has 2 heteroatoms. The van der Waals surface area contributed by atoms with Crippen molar-refractivity contribution in [1.82, 2.24) is 4.90 Å². The van der Waals surface area contributed by atoms with Crippen molar-refractivity contribution >= 4 is 24.0 Å². The molecule has 0 aromatic heterocycles. The molecule has 0 aliphatic carbocycles. The minimum absolute atomic E-state index is 0. The Labute approximate surface area is 88.6 Å². The average Bonchev–Trinajstić information content (AvgIpc) is 1.81. The highest BCUT2D eigenvalue weighted by molar-refractivity contribution is 14.0. The molecule has 0 fully saturated rings. The third-order valence-corrected chi connectivity index (χ3v) is 1.59. The van der Waals surface area contributed by atoms with Gasteiger partial charge in [0, 0.05) is 6.54 Å². The quantitative estimate of drug-likeness (QED) is 0.713. The number of hydrogen-bond acceptors (Lipinski definition) is 1. The van der Waals surface area contributed by atoms with Crippen molar-refractivity contribution in [3.8, 4) is 0 Å². The smallest absolute Gasteiger partial charge is 0.00298 e. The van der Waals surface area contributed by atoms with E-state index in [1.165, 1.54) is 19.6 Å². The first kappa shape index (κ1) is 14.2. The second-order valence-corrected chi connectivity index (χ2v) is 4.02. The summed E-state index contributed by atoms with van der Waals surface area (Å²) in [5, 5.41) is 0. The van der Waals surface area contributed by atoms with Gasteiger partial charge in [-0.2, -0.15) is 0 Å². The molecule has 0 aromatic carbocycles. The van der Waals surface area contributed by atoms with Crippen LogP contribution < -0.4 is 0 Å². The van der Waals surface area contributed by atoms with E-state index in [0.29, 0.717) is 5.41 Å². The SMILES string of the molecule is CCN(CC)CC(C)(C)C.I. The van der Waals surface area contributed by atoms with Gasteiger partial charge in [0.2, 0.25) is 0 Å². The predicted molar refractivity (Wildman–Crippen MR) is 62.7 cm³/mol. The number of nitrogens with zero attached hydrogens (tertiary/aromatic N) is 1. The van der Waals surface area contributed by atoms with Crippen LogP contribution in [0.4, 0.5) is 0 Å². The van der Waals surface area contributed by atoms with Crippen molar-refractivity contribution in [2.45, 2.75) is 34.6 Å². The Balaban J connectivity index is 0. The first-order valence-electron chi connectivity index (χ1n) is 4.22. The maximum atomic E-state index is 2.46. The molecular formula is C9H22IN. The van der Waals surface area contributed by atoms with Crippen molar-refractivity contribution < 1.29 is 0 Å². The Morgan fingerprint density at radius 2 is 1.36 bits per heavy atom. The Kier molecular flexibility index (Phi) is 8.06. The van der Waals surface area contributed by atoms with Gasteiger partial charge in [-0.1, -0.05) is 34.6 Å². The normalized spacial score (nSPS) is 11.5. The lowest BCUT2D eigenvalue weighted by Crippen LogP contribution is -2.32. The third-order valence-electron chi connectivity index (χ3n) is 1.59. The van der Waals surface area contributed by atoms with Crippen LogP contribution >= 0.6 is 24.0 Å². The van der Waals surface area contributed by atoms with Crippen LogP contribution in [0.25, 0.3) is 0 Å². The van der Waals surface area contributed by atoms with Gasteiger partial charge in [-0.15, -0.1) is 24.0 Å². The molecule has 0 N–H and O–H groups in total. The first-order chi connectivity index (χ1) is 4.49. The number of rotatable bonds is 3. The summed E-state index contributed by atoms with van der Waals surface area (Å²) in [6.45, 7) is 14.8.